The Morgan fingerprint density at radius 3 is 2.46 bits per heavy atom. The molecular formula is C22H30N2O4. The van der Waals surface area contributed by atoms with Crippen LogP contribution in [0.5, 0.6) is 5.88 Å². The molecule has 4 saturated carbocycles. The summed E-state index contributed by atoms with van der Waals surface area (Å²) >= 11 is 0. The van der Waals surface area contributed by atoms with E-state index in [1.54, 1.807) is 18.3 Å². The Kier molecular flexibility index (Phi) is 5.30. The van der Waals surface area contributed by atoms with Crippen LogP contribution < -0.4 is 10.1 Å². The average molecular weight is 386 g/mol. The zero-order chi connectivity index (χ0) is 19.7. The summed E-state index contributed by atoms with van der Waals surface area (Å²) in [5.74, 6) is 1.92. The van der Waals surface area contributed by atoms with Crippen molar-refractivity contribution in [2.45, 2.75) is 58.4 Å². The van der Waals surface area contributed by atoms with Gasteiger partial charge >= 0.3 is 5.97 Å². The molecule has 1 unspecified atom stereocenters. The van der Waals surface area contributed by atoms with Crippen molar-refractivity contribution >= 4 is 11.9 Å². The summed E-state index contributed by atoms with van der Waals surface area (Å²) in [5.41, 5.74) is 0.478. The summed E-state index contributed by atoms with van der Waals surface area (Å²) < 4.78 is 10.6. The number of aromatic nitrogens is 1. The van der Waals surface area contributed by atoms with Gasteiger partial charge in [0.2, 0.25) is 5.88 Å². The third-order valence-electron chi connectivity index (χ3n) is 6.99. The first-order valence-electron chi connectivity index (χ1n) is 10.5. The number of esters is 1. The first-order valence-corrected chi connectivity index (χ1v) is 10.5. The van der Waals surface area contributed by atoms with Crippen molar-refractivity contribution in [3.63, 3.8) is 0 Å². The van der Waals surface area contributed by atoms with Crippen molar-refractivity contribution in [2.75, 3.05) is 13.2 Å². The Hall–Kier alpha value is -2.11. The van der Waals surface area contributed by atoms with E-state index in [0.29, 0.717) is 6.61 Å². The first-order chi connectivity index (χ1) is 13.5. The summed E-state index contributed by atoms with van der Waals surface area (Å²) in [5, 5.41) is 3.12. The van der Waals surface area contributed by atoms with Crippen molar-refractivity contribution in [3.8, 4) is 5.88 Å². The highest BCUT2D eigenvalue weighted by molar-refractivity contribution is 5.93. The highest BCUT2D eigenvalue weighted by atomic mass is 16.5. The molecule has 4 bridgehead atoms. The van der Waals surface area contributed by atoms with E-state index < -0.39 is 5.97 Å². The van der Waals surface area contributed by atoms with Crippen LogP contribution in [0.1, 0.15) is 62.7 Å². The zero-order valence-electron chi connectivity index (χ0n) is 16.8. The molecule has 1 N–H and O–H groups in total. The number of nitrogens with zero attached hydrogens (tertiary/aromatic N) is 1. The van der Waals surface area contributed by atoms with Gasteiger partial charge < -0.3 is 14.8 Å². The largest absolute Gasteiger partial charge is 0.477 e. The topological polar surface area (TPSA) is 77.5 Å². The normalized spacial score (nSPS) is 31.3. The molecule has 6 heteroatoms. The number of pyridine rings is 1. The number of amides is 1. The molecule has 1 atom stereocenters. The molecule has 0 saturated heterocycles. The van der Waals surface area contributed by atoms with Crippen LogP contribution in [0.2, 0.25) is 0 Å². The van der Waals surface area contributed by atoms with Crippen LogP contribution in [0.15, 0.2) is 18.3 Å². The number of ether oxygens (including phenoxy) is 2. The molecule has 0 radical (unpaired) electrons. The van der Waals surface area contributed by atoms with Gasteiger partial charge in [0, 0.05) is 12.2 Å². The fraction of sp³-hybridized carbons (Fsp3) is 0.682. The van der Waals surface area contributed by atoms with Crippen molar-refractivity contribution in [1.82, 2.24) is 10.3 Å². The number of hydrogen-bond donors (Lipinski definition) is 1. The maximum absolute atomic E-state index is 12.5. The van der Waals surface area contributed by atoms with Gasteiger partial charge in [0.15, 0.2) is 6.61 Å². The molecule has 0 spiro atoms. The Bertz CT molecular complexity index is 713. The molecule has 0 aliphatic heterocycles. The molecule has 1 heterocycles. The summed E-state index contributed by atoms with van der Waals surface area (Å²) in [7, 11) is 0. The molecule has 28 heavy (non-hydrogen) atoms. The van der Waals surface area contributed by atoms with Crippen LogP contribution in [0.4, 0.5) is 0 Å². The number of carbonyl (C=O) groups is 2. The quantitative estimate of drug-likeness (QED) is 0.727. The average Bonchev–Trinajstić information content (AvgIpc) is 2.66. The lowest BCUT2D eigenvalue weighted by atomic mass is 9.48. The van der Waals surface area contributed by atoms with Crippen molar-refractivity contribution in [1.29, 1.82) is 0 Å². The van der Waals surface area contributed by atoms with Gasteiger partial charge in [-0.25, -0.2) is 9.78 Å². The fourth-order valence-electron chi connectivity index (χ4n) is 6.15. The highest BCUT2D eigenvalue weighted by Crippen LogP contribution is 2.61. The van der Waals surface area contributed by atoms with E-state index in [4.69, 9.17) is 9.47 Å². The number of carbonyl (C=O) groups excluding carboxylic acids is 2. The fourth-order valence-corrected chi connectivity index (χ4v) is 6.15. The monoisotopic (exact) mass is 386 g/mol. The van der Waals surface area contributed by atoms with Gasteiger partial charge in [-0.05, 0) is 87.7 Å². The Morgan fingerprint density at radius 1 is 1.21 bits per heavy atom. The number of hydrogen-bond acceptors (Lipinski definition) is 5. The second-order valence-corrected chi connectivity index (χ2v) is 8.93. The van der Waals surface area contributed by atoms with Gasteiger partial charge in [-0.3, -0.25) is 4.79 Å². The SMILES string of the molecule is CCOc1ncccc1C(=O)OCC(=O)NC(C)C12CC3CC(CC(C3)C1)C2. The van der Waals surface area contributed by atoms with E-state index in [2.05, 4.69) is 17.2 Å². The highest BCUT2D eigenvalue weighted by Gasteiger charge is 2.53. The Labute approximate surface area is 166 Å². The molecule has 6 nitrogen and oxygen atoms in total. The van der Waals surface area contributed by atoms with E-state index in [9.17, 15) is 9.59 Å². The van der Waals surface area contributed by atoms with E-state index in [-0.39, 0.29) is 35.4 Å². The molecule has 1 aromatic heterocycles. The predicted molar refractivity (Wildman–Crippen MR) is 104 cm³/mol. The van der Waals surface area contributed by atoms with Crippen LogP contribution in [-0.2, 0) is 9.53 Å². The van der Waals surface area contributed by atoms with Gasteiger partial charge in [-0.1, -0.05) is 0 Å². The Morgan fingerprint density at radius 2 is 1.86 bits per heavy atom. The summed E-state index contributed by atoms with van der Waals surface area (Å²) in [6.07, 6.45) is 9.39. The van der Waals surface area contributed by atoms with E-state index in [0.717, 1.165) is 17.8 Å². The molecule has 0 aromatic carbocycles. The first kappa shape index (κ1) is 19.2. The third-order valence-corrected chi connectivity index (χ3v) is 6.99. The smallest absolute Gasteiger partial charge is 0.344 e. The summed E-state index contributed by atoms with van der Waals surface area (Å²) in [6, 6.07) is 3.36. The second-order valence-electron chi connectivity index (χ2n) is 8.93. The molecule has 4 aliphatic rings. The molecule has 5 rings (SSSR count). The lowest BCUT2D eigenvalue weighted by Crippen LogP contribution is -2.56. The van der Waals surface area contributed by atoms with E-state index in [1.807, 2.05) is 6.92 Å². The summed E-state index contributed by atoms with van der Waals surface area (Å²) in [4.78, 5) is 28.8. The van der Waals surface area contributed by atoms with E-state index >= 15 is 0 Å². The molecular weight excluding hydrogens is 356 g/mol. The third kappa shape index (κ3) is 3.74. The van der Waals surface area contributed by atoms with Gasteiger partial charge in [-0.2, -0.15) is 0 Å². The number of rotatable bonds is 7. The van der Waals surface area contributed by atoms with Crippen molar-refractivity contribution in [3.05, 3.63) is 23.9 Å². The minimum atomic E-state index is -0.589. The van der Waals surface area contributed by atoms with Crippen molar-refractivity contribution < 1.29 is 19.1 Å². The van der Waals surface area contributed by atoms with Crippen LogP contribution in [-0.4, -0.2) is 36.1 Å². The van der Waals surface area contributed by atoms with E-state index in [1.165, 1.54) is 38.5 Å². The van der Waals surface area contributed by atoms with Crippen molar-refractivity contribution in [2.24, 2.45) is 23.2 Å². The number of nitrogens with one attached hydrogen (secondary N) is 1. The van der Waals surface area contributed by atoms with Crippen LogP contribution in [0.25, 0.3) is 0 Å². The van der Waals surface area contributed by atoms with Gasteiger partial charge in [0.1, 0.15) is 5.56 Å². The predicted octanol–water partition coefficient (Wildman–Crippen LogP) is 3.36. The minimum Gasteiger partial charge on any atom is -0.477 e. The Balaban J connectivity index is 1.32. The summed E-state index contributed by atoms with van der Waals surface area (Å²) in [6.45, 7) is 4.07. The molecule has 1 amide bonds. The lowest BCUT2D eigenvalue weighted by Gasteiger charge is -2.59. The standard InChI is InChI=1S/C22H30N2O4/c1-3-27-20-18(5-4-6-23-20)21(26)28-13-19(25)24-14(2)22-10-15-7-16(11-22)9-17(8-15)12-22/h4-6,14-17H,3,7-13H2,1-2H3,(H,24,25). The zero-order valence-corrected chi connectivity index (χ0v) is 16.8. The second kappa shape index (κ2) is 7.72. The van der Waals surface area contributed by atoms with Crippen LogP contribution >= 0.6 is 0 Å². The molecule has 4 aliphatic carbocycles. The van der Waals surface area contributed by atoms with Gasteiger partial charge in [-0.15, -0.1) is 0 Å². The van der Waals surface area contributed by atoms with Gasteiger partial charge in [0.05, 0.1) is 6.61 Å². The molecule has 4 fully saturated rings. The lowest BCUT2D eigenvalue weighted by molar-refractivity contribution is -0.128. The van der Waals surface area contributed by atoms with Gasteiger partial charge in [0.25, 0.3) is 5.91 Å². The minimum absolute atomic E-state index is 0.115. The van der Waals surface area contributed by atoms with Crippen LogP contribution in [0.3, 0.4) is 0 Å². The molecule has 1 aromatic rings. The maximum Gasteiger partial charge on any atom is 0.344 e. The molecule has 152 valence electrons. The maximum atomic E-state index is 12.5. The van der Waals surface area contributed by atoms with Crippen LogP contribution in [0, 0.1) is 23.2 Å².